The van der Waals surface area contributed by atoms with Crippen molar-refractivity contribution in [1.82, 2.24) is 5.32 Å². The van der Waals surface area contributed by atoms with Gasteiger partial charge in [0.05, 0.1) is 12.3 Å². The first-order valence-corrected chi connectivity index (χ1v) is 6.29. The molecule has 1 aromatic carbocycles. The van der Waals surface area contributed by atoms with Gasteiger partial charge in [-0.1, -0.05) is 13.0 Å². The van der Waals surface area contributed by atoms with Gasteiger partial charge in [0.25, 0.3) is 0 Å². The molecule has 0 aliphatic rings. The van der Waals surface area contributed by atoms with Crippen molar-refractivity contribution in [3.63, 3.8) is 0 Å². The molecule has 4 heteroatoms. The molecule has 0 radical (unpaired) electrons. The number of nitrogens with zero attached hydrogens (tertiary/aromatic N) is 1. The summed E-state index contributed by atoms with van der Waals surface area (Å²) in [5, 5.41) is 12.2. The number of anilines is 1. The molecule has 0 heterocycles. The van der Waals surface area contributed by atoms with Gasteiger partial charge in [0.1, 0.15) is 0 Å². The summed E-state index contributed by atoms with van der Waals surface area (Å²) < 4.78 is 1.07. The van der Waals surface area contributed by atoms with Gasteiger partial charge in [0, 0.05) is 24.6 Å². The van der Waals surface area contributed by atoms with E-state index in [9.17, 15) is 0 Å². The van der Waals surface area contributed by atoms with Crippen LogP contribution in [0.5, 0.6) is 0 Å². The van der Waals surface area contributed by atoms with Crippen molar-refractivity contribution >= 4 is 21.6 Å². The zero-order valence-electron chi connectivity index (χ0n) is 9.83. The van der Waals surface area contributed by atoms with Gasteiger partial charge < -0.3 is 15.3 Å². The molecular formula is C12H19BrN2O. The first-order valence-electron chi connectivity index (χ1n) is 5.50. The van der Waals surface area contributed by atoms with Crippen LogP contribution in [0.1, 0.15) is 12.5 Å². The van der Waals surface area contributed by atoms with E-state index in [0.29, 0.717) is 6.54 Å². The summed E-state index contributed by atoms with van der Waals surface area (Å²) in [7, 11) is 1.97. The third-order valence-electron chi connectivity index (χ3n) is 2.44. The Morgan fingerprint density at radius 2 is 2.19 bits per heavy atom. The molecule has 16 heavy (non-hydrogen) atoms. The van der Waals surface area contributed by atoms with Crippen LogP contribution in [-0.4, -0.2) is 31.9 Å². The molecule has 0 aromatic heterocycles. The van der Waals surface area contributed by atoms with Crippen molar-refractivity contribution in [2.24, 2.45) is 0 Å². The van der Waals surface area contributed by atoms with Crippen LogP contribution >= 0.6 is 15.9 Å². The molecule has 0 aliphatic heterocycles. The Hall–Kier alpha value is -0.580. The fourth-order valence-corrected chi connectivity index (χ4v) is 2.24. The maximum Gasteiger partial charge on any atom is 0.0606 e. The highest BCUT2D eigenvalue weighted by molar-refractivity contribution is 9.10. The summed E-state index contributed by atoms with van der Waals surface area (Å²) >= 11 is 3.56. The molecule has 0 atom stereocenters. The lowest BCUT2D eigenvalue weighted by molar-refractivity contribution is 0.304. The van der Waals surface area contributed by atoms with E-state index in [1.807, 2.05) is 11.9 Å². The van der Waals surface area contributed by atoms with E-state index in [1.54, 1.807) is 0 Å². The van der Waals surface area contributed by atoms with Crippen LogP contribution < -0.4 is 10.2 Å². The van der Waals surface area contributed by atoms with Crippen LogP contribution in [0.15, 0.2) is 22.7 Å². The summed E-state index contributed by atoms with van der Waals surface area (Å²) in [6.45, 7) is 4.77. The van der Waals surface area contributed by atoms with Crippen LogP contribution in [0.4, 0.5) is 5.69 Å². The third kappa shape index (κ3) is 3.77. The Bertz CT molecular complexity index is 331. The molecule has 90 valence electrons. The van der Waals surface area contributed by atoms with Gasteiger partial charge in [0.2, 0.25) is 0 Å². The molecule has 0 saturated heterocycles. The van der Waals surface area contributed by atoms with Gasteiger partial charge in [-0.25, -0.2) is 0 Å². The van der Waals surface area contributed by atoms with Crippen LogP contribution in [-0.2, 0) is 6.54 Å². The number of halogens is 1. The van der Waals surface area contributed by atoms with Gasteiger partial charge in [0.15, 0.2) is 0 Å². The van der Waals surface area contributed by atoms with Crippen molar-refractivity contribution in [1.29, 1.82) is 0 Å². The lowest BCUT2D eigenvalue weighted by atomic mass is 10.2. The Morgan fingerprint density at radius 3 is 2.75 bits per heavy atom. The average molecular weight is 287 g/mol. The number of aliphatic hydroxyl groups excluding tert-OH is 1. The number of rotatable bonds is 6. The van der Waals surface area contributed by atoms with Gasteiger partial charge in [-0.05, 0) is 40.2 Å². The quantitative estimate of drug-likeness (QED) is 0.840. The summed E-state index contributed by atoms with van der Waals surface area (Å²) in [6.07, 6.45) is 0. The maximum atomic E-state index is 8.89. The predicted octanol–water partition coefficient (Wildman–Crippen LogP) is 1.99. The van der Waals surface area contributed by atoms with E-state index in [1.165, 1.54) is 5.56 Å². The minimum atomic E-state index is 0.169. The standard InChI is InChI=1S/C12H19BrN2O/c1-3-14-9-10-4-5-12(11(13)8-10)15(2)6-7-16/h4-5,8,14,16H,3,6-7,9H2,1-2H3. The van der Waals surface area contributed by atoms with E-state index in [2.05, 4.69) is 46.4 Å². The Balaban J connectivity index is 2.74. The second-order valence-electron chi connectivity index (χ2n) is 3.71. The van der Waals surface area contributed by atoms with E-state index in [-0.39, 0.29) is 6.61 Å². The first-order chi connectivity index (χ1) is 7.69. The zero-order valence-corrected chi connectivity index (χ0v) is 11.4. The SMILES string of the molecule is CCNCc1ccc(N(C)CCO)c(Br)c1. The van der Waals surface area contributed by atoms with Gasteiger partial charge >= 0.3 is 0 Å². The third-order valence-corrected chi connectivity index (χ3v) is 3.07. The summed E-state index contributed by atoms with van der Waals surface area (Å²) in [5.74, 6) is 0. The second kappa shape index (κ2) is 6.89. The maximum absolute atomic E-state index is 8.89. The Morgan fingerprint density at radius 1 is 1.44 bits per heavy atom. The monoisotopic (exact) mass is 286 g/mol. The fraction of sp³-hybridized carbons (Fsp3) is 0.500. The van der Waals surface area contributed by atoms with Gasteiger partial charge in [-0.15, -0.1) is 0 Å². The predicted molar refractivity (Wildman–Crippen MR) is 71.9 cm³/mol. The highest BCUT2D eigenvalue weighted by Gasteiger charge is 2.05. The van der Waals surface area contributed by atoms with E-state index < -0.39 is 0 Å². The van der Waals surface area contributed by atoms with Gasteiger partial charge in [-0.3, -0.25) is 0 Å². The molecule has 3 nitrogen and oxygen atoms in total. The van der Waals surface area contributed by atoms with Crippen molar-refractivity contribution < 1.29 is 5.11 Å². The molecule has 1 rings (SSSR count). The molecular weight excluding hydrogens is 268 g/mol. The summed E-state index contributed by atoms with van der Waals surface area (Å²) in [4.78, 5) is 2.03. The Labute approximate surface area is 106 Å². The molecule has 0 bridgehead atoms. The summed E-state index contributed by atoms with van der Waals surface area (Å²) in [5.41, 5.74) is 2.36. The minimum Gasteiger partial charge on any atom is -0.395 e. The summed E-state index contributed by atoms with van der Waals surface area (Å²) in [6, 6.07) is 6.30. The van der Waals surface area contributed by atoms with Crippen molar-refractivity contribution in [2.75, 3.05) is 31.6 Å². The lowest BCUT2D eigenvalue weighted by Crippen LogP contribution is -2.21. The first kappa shape index (κ1) is 13.5. The topological polar surface area (TPSA) is 35.5 Å². The lowest BCUT2D eigenvalue weighted by Gasteiger charge is -2.20. The highest BCUT2D eigenvalue weighted by Crippen LogP contribution is 2.26. The molecule has 0 amide bonds. The van der Waals surface area contributed by atoms with Crippen LogP contribution in [0.2, 0.25) is 0 Å². The number of likely N-dealkylation sites (N-methyl/N-ethyl adjacent to an activating group) is 1. The van der Waals surface area contributed by atoms with Crippen molar-refractivity contribution in [3.05, 3.63) is 28.2 Å². The number of hydrogen-bond donors (Lipinski definition) is 2. The molecule has 1 aromatic rings. The van der Waals surface area contributed by atoms with Crippen molar-refractivity contribution in [2.45, 2.75) is 13.5 Å². The van der Waals surface area contributed by atoms with E-state index >= 15 is 0 Å². The van der Waals surface area contributed by atoms with Crippen LogP contribution in [0.3, 0.4) is 0 Å². The number of hydrogen-bond acceptors (Lipinski definition) is 3. The van der Waals surface area contributed by atoms with Crippen LogP contribution in [0, 0.1) is 0 Å². The molecule has 2 N–H and O–H groups in total. The number of aliphatic hydroxyl groups is 1. The smallest absolute Gasteiger partial charge is 0.0606 e. The van der Waals surface area contributed by atoms with Crippen molar-refractivity contribution in [3.8, 4) is 0 Å². The van der Waals surface area contributed by atoms with E-state index in [4.69, 9.17) is 5.11 Å². The fourth-order valence-electron chi connectivity index (χ4n) is 1.51. The Kier molecular flexibility index (Phi) is 5.80. The number of benzene rings is 1. The molecule has 0 aliphatic carbocycles. The average Bonchev–Trinajstić information content (AvgIpc) is 2.26. The zero-order chi connectivity index (χ0) is 12.0. The molecule has 0 unspecified atom stereocenters. The number of nitrogens with one attached hydrogen (secondary N) is 1. The van der Waals surface area contributed by atoms with Gasteiger partial charge in [-0.2, -0.15) is 0 Å². The normalized spacial score (nSPS) is 10.5. The minimum absolute atomic E-state index is 0.169. The largest absolute Gasteiger partial charge is 0.395 e. The molecule has 0 saturated carbocycles. The second-order valence-corrected chi connectivity index (χ2v) is 4.57. The molecule has 0 spiro atoms. The van der Waals surface area contributed by atoms with E-state index in [0.717, 1.165) is 23.2 Å². The van der Waals surface area contributed by atoms with Crippen LogP contribution in [0.25, 0.3) is 0 Å². The molecule has 0 fully saturated rings. The highest BCUT2D eigenvalue weighted by atomic mass is 79.9.